The maximum absolute atomic E-state index is 12.4. The van der Waals surface area contributed by atoms with Crippen molar-refractivity contribution in [1.82, 2.24) is 19.0 Å². The third-order valence-corrected chi connectivity index (χ3v) is 3.70. The zero-order chi connectivity index (χ0) is 18.4. The number of allylic oxidation sites excluding steroid dienone is 2. The molecule has 0 aliphatic heterocycles. The molecular weight excluding hydrogens is 312 g/mol. The van der Waals surface area contributed by atoms with Crippen molar-refractivity contribution in [2.24, 2.45) is 5.92 Å². The highest BCUT2D eigenvalue weighted by molar-refractivity contribution is 5.75. The molecule has 1 amide bonds. The summed E-state index contributed by atoms with van der Waals surface area (Å²) < 4.78 is 2.46. The van der Waals surface area contributed by atoms with Gasteiger partial charge in [0.2, 0.25) is 5.91 Å². The molecule has 0 unspecified atom stereocenters. The highest BCUT2D eigenvalue weighted by Gasteiger charge is 2.18. The lowest BCUT2D eigenvalue weighted by atomic mass is 10.1. The van der Waals surface area contributed by atoms with Crippen LogP contribution < -0.4 is 22.4 Å². The normalized spacial score (nSPS) is 12.0. The van der Waals surface area contributed by atoms with E-state index in [2.05, 4.69) is 18.5 Å². The first-order chi connectivity index (χ1) is 11.2. The first-order valence-corrected chi connectivity index (χ1v) is 7.70. The smallest absolute Gasteiger partial charge is 0.337 e. The molecule has 0 aliphatic rings. The summed E-state index contributed by atoms with van der Waals surface area (Å²) in [5.41, 5.74) is -2.42. The molecule has 0 fully saturated rings. The van der Waals surface area contributed by atoms with Crippen molar-refractivity contribution in [3.63, 3.8) is 0 Å². The summed E-state index contributed by atoms with van der Waals surface area (Å²) in [6.45, 7) is 12.1. The minimum Gasteiger partial charge on any atom is -0.352 e. The predicted octanol–water partition coefficient (Wildman–Crippen LogP) is -0.296. The number of hydrogen-bond donors (Lipinski definition) is 1. The van der Waals surface area contributed by atoms with Crippen LogP contribution in [0.15, 0.2) is 39.7 Å². The summed E-state index contributed by atoms with van der Waals surface area (Å²) in [7, 11) is 0. The lowest BCUT2D eigenvalue weighted by Crippen LogP contribution is -2.56. The Morgan fingerprint density at radius 1 is 0.958 bits per heavy atom. The van der Waals surface area contributed by atoms with Crippen molar-refractivity contribution in [2.75, 3.05) is 0 Å². The fraction of sp³-hybridized carbons (Fsp3) is 0.500. The van der Waals surface area contributed by atoms with Gasteiger partial charge < -0.3 is 5.32 Å². The predicted molar refractivity (Wildman–Crippen MR) is 92.1 cm³/mol. The van der Waals surface area contributed by atoms with Gasteiger partial charge in [-0.2, -0.15) is 0 Å². The molecule has 0 bridgehead atoms. The molecule has 0 aliphatic carbocycles. The zero-order valence-electron chi connectivity index (χ0n) is 14.3. The molecule has 0 aromatic carbocycles. The maximum atomic E-state index is 12.4. The van der Waals surface area contributed by atoms with Crippen LogP contribution in [0.2, 0.25) is 0 Å². The van der Waals surface area contributed by atoms with Crippen LogP contribution in [0.1, 0.15) is 20.8 Å². The molecule has 1 N–H and O–H groups in total. The zero-order valence-corrected chi connectivity index (χ0v) is 14.3. The van der Waals surface area contributed by atoms with Gasteiger partial charge in [0.05, 0.1) is 13.1 Å². The summed E-state index contributed by atoms with van der Waals surface area (Å²) in [6, 6.07) is -0.109. The van der Waals surface area contributed by atoms with Crippen LogP contribution in [0.3, 0.4) is 0 Å². The van der Waals surface area contributed by atoms with Crippen LogP contribution in [0.4, 0.5) is 0 Å². The molecule has 1 atom stereocenters. The quantitative estimate of drug-likeness (QED) is 0.660. The highest BCUT2D eigenvalue weighted by Crippen LogP contribution is 1.99. The molecule has 8 heteroatoms. The molecule has 1 aromatic rings. The standard InChI is InChI=1S/C16H24N4O4/c1-6-8-18-14(22)19(9-7-2)16(24)20(15(18)23)10-13(21)17-12(5)11(3)4/h6-7,11-12H,1-2,8-10H2,3-5H3,(H,17,21)/t12-/m1/s1. The number of amides is 1. The van der Waals surface area contributed by atoms with Crippen LogP contribution in [-0.4, -0.2) is 25.7 Å². The van der Waals surface area contributed by atoms with Crippen LogP contribution in [0.5, 0.6) is 0 Å². The van der Waals surface area contributed by atoms with Crippen molar-refractivity contribution < 1.29 is 4.79 Å². The van der Waals surface area contributed by atoms with E-state index >= 15 is 0 Å². The fourth-order valence-electron chi connectivity index (χ4n) is 2.00. The largest absolute Gasteiger partial charge is 0.352 e. The number of carbonyl (C=O) groups excluding carboxylic acids is 1. The Kier molecular flexibility index (Phi) is 6.69. The summed E-state index contributed by atoms with van der Waals surface area (Å²) in [4.78, 5) is 49.1. The number of hydrogen-bond acceptors (Lipinski definition) is 4. The van der Waals surface area contributed by atoms with Crippen LogP contribution in [0, 0.1) is 5.92 Å². The Morgan fingerprint density at radius 3 is 1.75 bits per heavy atom. The van der Waals surface area contributed by atoms with Crippen molar-refractivity contribution in [2.45, 2.75) is 46.4 Å². The fourth-order valence-corrected chi connectivity index (χ4v) is 2.00. The van der Waals surface area contributed by atoms with Crippen molar-refractivity contribution >= 4 is 5.91 Å². The summed E-state index contributed by atoms with van der Waals surface area (Å²) in [5, 5.41) is 2.73. The van der Waals surface area contributed by atoms with Crippen LogP contribution in [-0.2, 0) is 24.4 Å². The number of rotatable bonds is 8. The summed E-state index contributed by atoms with van der Waals surface area (Å²) in [6.07, 6.45) is 2.74. The van der Waals surface area contributed by atoms with Gasteiger partial charge in [0, 0.05) is 6.04 Å². The van der Waals surface area contributed by atoms with Crippen LogP contribution >= 0.6 is 0 Å². The van der Waals surface area contributed by atoms with E-state index in [1.807, 2.05) is 20.8 Å². The van der Waals surface area contributed by atoms with Gasteiger partial charge in [0.25, 0.3) is 0 Å². The van der Waals surface area contributed by atoms with Gasteiger partial charge in [-0.15, -0.1) is 13.2 Å². The number of aromatic nitrogens is 3. The molecule has 24 heavy (non-hydrogen) atoms. The topological polar surface area (TPSA) is 95.1 Å². The molecule has 1 heterocycles. The van der Waals surface area contributed by atoms with E-state index in [9.17, 15) is 19.2 Å². The lowest BCUT2D eigenvalue weighted by molar-refractivity contribution is -0.122. The molecule has 0 saturated heterocycles. The first-order valence-electron chi connectivity index (χ1n) is 7.70. The Bertz CT molecular complexity index is 750. The van der Waals surface area contributed by atoms with E-state index in [1.165, 1.54) is 12.2 Å². The number of carbonyl (C=O) groups is 1. The Labute approximate surface area is 139 Å². The maximum Gasteiger partial charge on any atom is 0.337 e. The second kappa shape index (κ2) is 8.28. The monoisotopic (exact) mass is 336 g/mol. The highest BCUT2D eigenvalue weighted by atomic mass is 16.2. The first kappa shape index (κ1) is 19.4. The van der Waals surface area contributed by atoms with Crippen molar-refractivity contribution in [3.05, 3.63) is 56.8 Å². The van der Waals surface area contributed by atoms with Crippen LogP contribution in [0.25, 0.3) is 0 Å². The van der Waals surface area contributed by atoms with Gasteiger partial charge in [0.15, 0.2) is 0 Å². The molecule has 1 aromatic heterocycles. The molecular formula is C16H24N4O4. The Hall–Kier alpha value is -2.64. The van der Waals surface area contributed by atoms with Gasteiger partial charge in [-0.05, 0) is 12.8 Å². The van der Waals surface area contributed by atoms with Gasteiger partial charge in [-0.25, -0.2) is 28.1 Å². The minimum atomic E-state index is -0.836. The van der Waals surface area contributed by atoms with Gasteiger partial charge in [-0.1, -0.05) is 26.0 Å². The van der Waals surface area contributed by atoms with E-state index in [0.29, 0.717) is 0 Å². The van der Waals surface area contributed by atoms with Crippen molar-refractivity contribution in [3.8, 4) is 0 Å². The van der Waals surface area contributed by atoms with E-state index in [-0.39, 0.29) is 25.0 Å². The van der Waals surface area contributed by atoms with E-state index in [0.717, 1.165) is 13.7 Å². The van der Waals surface area contributed by atoms with Gasteiger partial charge in [0.1, 0.15) is 6.54 Å². The van der Waals surface area contributed by atoms with E-state index in [4.69, 9.17) is 0 Å². The Morgan fingerprint density at radius 2 is 1.38 bits per heavy atom. The third-order valence-electron chi connectivity index (χ3n) is 3.70. The SMILES string of the molecule is C=CCn1c(=O)n(CC=C)c(=O)n(CC(=O)N[C@H](C)C(C)C)c1=O. The second-order valence-corrected chi connectivity index (χ2v) is 5.83. The van der Waals surface area contributed by atoms with Crippen molar-refractivity contribution in [1.29, 1.82) is 0 Å². The lowest BCUT2D eigenvalue weighted by Gasteiger charge is -2.18. The summed E-state index contributed by atoms with van der Waals surface area (Å²) in [5.74, 6) is -0.262. The third kappa shape index (κ3) is 4.21. The molecule has 8 nitrogen and oxygen atoms in total. The van der Waals surface area contributed by atoms with Gasteiger partial charge in [-0.3, -0.25) is 4.79 Å². The second-order valence-electron chi connectivity index (χ2n) is 5.83. The minimum absolute atomic E-state index is 0.0564. The summed E-state index contributed by atoms with van der Waals surface area (Å²) >= 11 is 0. The average Bonchev–Trinajstić information content (AvgIpc) is 2.52. The molecule has 0 spiro atoms. The molecule has 1 rings (SSSR count). The van der Waals surface area contributed by atoms with Gasteiger partial charge >= 0.3 is 17.1 Å². The number of nitrogens with one attached hydrogen (secondary N) is 1. The van der Waals surface area contributed by atoms with E-state index in [1.54, 1.807) is 0 Å². The van der Waals surface area contributed by atoms with E-state index < -0.39 is 29.5 Å². The average molecular weight is 336 g/mol. The molecule has 0 saturated carbocycles. The molecule has 0 radical (unpaired) electrons. The Balaban J connectivity index is 3.37. The molecule has 132 valence electrons. The number of nitrogens with zero attached hydrogens (tertiary/aromatic N) is 3.